The van der Waals surface area contributed by atoms with Crippen LogP contribution in [0.2, 0.25) is 0 Å². The zero-order valence-corrected chi connectivity index (χ0v) is 49.7. The minimum Gasteiger partial charge on any atom is -0.382 e. The van der Waals surface area contributed by atoms with E-state index < -0.39 is 29.7 Å². The van der Waals surface area contributed by atoms with Crippen molar-refractivity contribution in [2.75, 3.05) is 266 Å². The van der Waals surface area contributed by atoms with Crippen LogP contribution < -0.4 is 27.0 Å². The van der Waals surface area contributed by atoms with Gasteiger partial charge in [-0.05, 0) is 19.3 Å². The fraction of sp³-hybridized carbons (Fsp3) is 0.887. The van der Waals surface area contributed by atoms with E-state index in [0.717, 1.165) is 0 Å². The maximum atomic E-state index is 13.8. The standard InChI is InChI=1S/C53H103N7O22/c1-67-21-25-75-37-41-79-33-29-71-17-13-57-48(61)7-5-11-55-50(63)45-59(15-19-73-31-35-81-43-39-77-27-23-69-3)52(65)10-9-47(54)53(66)60(16-20-74-32-36-82-44-40-78-28-24-70-4)46-51(64)56-12-6-8-49(62)58-14-18-72-30-34-80-42-38-76-26-22-68-2/h47H,5-46,54H2,1-4H3,(H,55,63)(H,56,64)(H,57,61)(H,58,62). The van der Waals surface area contributed by atoms with Gasteiger partial charge in [-0.2, -0.15) is 0 Å². The van der Waals surface area contributed by atoms with Crippen LogP contribution in [0.25, 0.3) is 0 Å². The van der Waals surface area contributed by atoms with Crippen molar-refractivity contribution in [3.63, 3.8) is 0 Å². The summed E-state index contributed by atoms with van der Waals surface area (Å²) in [6.07, 6.45) is 0.688. The van der Waals surface area contributed by atoms with Crippen LogP contribution in [0.3, 0.4) is 0 Å². The number of carbonyl (C=O) groups is 6. The zero-order chi connectivity index (χ0) is 60.0. The van der Waals surface area contributed by atoms with Crippen molar-refractivity contribution in [1.29, 1.82) is 0 Å². The first-order valence-corrected chi connectivity index (χ1v) is 28.4. The Kier molecular flexibility index (Phi) is 58.8. The summed E-state index contributed by atoms with van der Waals surface area (Å²) in [4.78, 5) is 81.2. The van der Waals surface area contributed by atoms with Crippen LogP contribution in [0.5, 0.6) is 0 Å². The summed E-state index contributed by atoms with van der Waals surface area (Å²) in [6, 6.07) is -1.19. The Morgan fingerprint density at radius 1 is 0.329 bits per heavy atom. The van der Waals surface area contributed by atoms with Crippen molar-refractivity contribution in [3.05, 3.63) is 0 Å². The van der Waals surface area contributed by atoms with Crippen molar-refractivity contribution in [1.82, 2.24) is 31.1 Å². The highest BCUT2D eigenvalue weighted by Gasteiger charge is 2.26. The molecule has 0 aromatic rings. The van der Waals surface area contributed by atoms with Crippen molar-refractivity contribution >= 4 is 35.4 Å². The Bertz CT molecular complexity index is 1520. The van der Waals surface area contributed by atoms with Crippen LogP contribution in [0.4, 0.5) is 0 Å². The lowest BCUT2D eigenvalue weighted by molar-refractivity contribution is -0.139. The fourth-order valence-electron chi connectivity index (χ4n) is 6.55. The molecule has 0 heterocycles. The zero-order valence-electron chi connectivity index (χ0n) is 49.7. The Morgan fingerprint density at radius 2 is 0.598 bits per heavy atom. The smallest absolute Gasteiger partial charge is 0.240 e. The predicted molar refractivity (Wildman–Crippen MR) is 298 cm³/mol. The molecule has 0 radical (unpaired) electrons. The van der Waals surface area contributed by atoms with E-state index >= 15 is 0 Å². The molecule has 0 aliphatic rings. The summed E-state index contributed by atoms with van der Waals surface area (Å²) in [7, 11) is 6.39. The average molecular weight is 1190 g/mol. The number of hydrogen-bond acceptors (Lipinski definition) is 23. The number of methoxy groups -OCH3 is 4. The highest BCUT2D eigenvalue weighted by atomic mass is 16.6. The van der Waals surface area contributed by atoms with Gasteiger partial charge in [0.15, 0.2) is 0 Å². The summed E-state index contributed by atoms with van der Waals surface area (Å²) in [5, 5.41) is 11.1. The Balaban J connectivity index is 5.24. The number of nitrogens with two attached hydrogens (primary N) is 1. The van der Waals surface area contributed by atoms with Gasteiger partial charge in [-0.1, -0.05) is 0 Å². The summed E-state index contributed by atoms with van der Waals surface area (Å²) in [5.74, 6) is -2.40. The third kappa shape index (κ3) is 54.1. The van der Waals surface area contributed by atoms with Crippen molar-refractivity contribution in [3.8, 4) is 0 Å². The third-order valence-corrected chi connectivity index (χ3v) is 11.0. The minimum absolute atomic E-state index is 0.00162. The second-order valence-electron chi connectivity index (χ2n) is 17.6. The molecule has 0 aromatic heterocycles. The van der Waals surface area contributed by atoms with Gasteiger partial charge in [-0.3, -0.25) is 28.8 Å². The lowest BCUT2D eigenvalue weighted by Crippen LogP contribution is -2.49. The molecule has 29 heteroatoms. The monoisotopic (exact) mass is 1190 g/mol. The average Bonchev–Trinajstić information content (AvgIpc) is 3.49. The van der Waals surface area contributed by atoms with Crippen LogP contribution in [-0.4, -0.2) is 317 Å². The van der Waals surface area contributed by atoms with E-state index in [-0.39, 0.29) is 116 Å². The number of amides is 6. The molecule has 0 fully saturated rings. The molecule has 0 saturated carbocycles. The molecule has 0 aromatic carbocycles. The first-order valence-electron chi connectivity index (χ1n) is 28.4. The van der Waals surface area contributed by atoms with Gasteiger partial charge in [0.2, 0.25) is 35.4 Å². The van der Waals surface area contributed by atoms with Gasteiger partial charge in [0.05, 0.1) is 204 Å². The maximum absolute atomic E-state index is 13.8. The summed E-state index contributed by atoms with van der Waals surface area (Å²) < 4.78 is 85.4. The first kappa shape index (κ1) is 78.1. The SMILES string of the molecule is COCCOCCOCCOCCNC(=O)CCCNC(=O)CN(CCOCCOCCOCCOC)C(=O)CCC(N)C(=O)N(CCOCCOCCOCCOC)CC(=O)NCCCC(=O)NCCOCCOCCOCCOC. The summed E-state index contributed by atoms with van der Waals surface area (Å²) in [5.41, 5.74) is 6.41. The normalized spacial score (nSPS) is 11.6. The number of ether oxygens (including phenoxy) is 16. The van der Waals surface area contributed by atoms with Crippen LogP contribution in [0, 0.1) is 0 Å². The van der Waals surface area contributed by atoms with Crippen molar-refractivity contribution in [2.24, 2.45) is 5.73 Å². The molecule has 0 rings (SSSR count). The molecule has 0 saturated heterocycles. The summed E-state index contributed by atoms with van der Waals surface area (Å²) >= 11 is 0. The summed E-state index contributed by atoms with van der Waals surface area (Å²) in [6.45, 7) is 10.8. The molecule has 0 aliphatic carbocycles. The van der Waals surface area contributed by atoms with E-state index in [2.05, 4.69) is 21.3 Å². The number of nitrogens with zero attached hydrogens (tertiary/aromatic N) is 2. The molecule has 1 atom stereocenters. The van der Waals surface area contributed by atoms with Crippen molar-refractivity contribution < 1.29 is 105 Å². The van der Waals surface area contributed by atoms with Crippen LogP contribution in [0.15, 0.2) is 0 Å². The van der Waals surface area contributed by atoms with E-state index in [9.17, 15) is 28.8 Å². The Hall–Kier alpha value is -3.86. The number of carbonyl (C=O) groups excluding carboxylic acids is 6. The van der Waals surface area contributed by atoms with E-state index in [1.165, 1.54) is 9.80 Å². The molecule has 6 amide bonds. The molecule has 0 aliphatic heterocycles. The van der Waals surface area contributed by atoms with E-state index in [1.807, 2.05) is 0 Å². The number of nitrogens with one attached hydrogen (secondary N) is 4. The topological polar surface area (TPSA) is 331 Å². The Labute approximate surface area is 486 Å². The predicted octanol–water partition coefficient (Wildman–Crippen LogP) is -2.44. The second kappa shape index (κ2) is 61.7. The van der Waals surface area contributed by atoms with Crippen molar-refractivity contribution in [2.45, 2.75) is 44.6 Å². The van der Waals surface area contributed by atoms with Gasteiger partial charge in [0, 0.05) is 87.0 Å². The molecule has 0 spiro atoms. The fourth-order valence-corrected chi connectivity index (χ4v) is 6.55. The van der Waals surface area contributed by atoms with Gasteiger partial charge in [-0.25, -0.2) is 0 Å². The van der Waals surface area contributed by atoms with E-state index in [1.54, 1.807) is 28.4 Å². The molecule has 82 heavy (non-hydrogen) atoms. The van der Waals surface area contributed by atoms with Crippen LogP contribution >= 0.6 is 0 Å². The molecular weight excluding hydrogens is 1090 g/mol. The maximum Gasteiger partial charge on any atom is 0.240 e. The molecule has 6 N–H and O–H groups in total. The minimum atomic E-state index is -1.19. The molecule has 1 unspecified atom stereocenters. The van der Waals surface area contributed by atoms with Gasteiger partial charge in [0.1, 0.15) is 0 Å². The molecule has 482 valence electrons. The van der Waals surface area contributed by atoms with Crippen LogP contribution in [-0.2, 0) is 105 Å². The number of hydrogen-bond donors (Lipinski definition) is 5. The first-order chi connectivity index (χ1) is 40.1. The quantitative estimate of drug-likeness (QED) is 0.0395. The molecular formula is C53H103N7O22. The molecule has 29 nitrogen and oxygen atoms in total. The molecule has 0 bridgehead atoms. The Morgan fingerprint density at radius 3 is 0.927 bits per heavy atom. The van der Waals surface area contributed by atoms with Gasteiger partial charge in [0.25, 0.3) is 0 Å². The van der Waals surface area contributed by atoms with Crippen LogP contribution in [0.1, 0.15) is 38.5 Å². The lowest BCUT2D eigenvalue weighted by atomic mass is 10.1. The number of rotatable bonds is 64. The van der Waals surface area contributed by atoms with Gasteiger partial charge in [-0.15, -0.1) is 0 Å². The highest BCUT2D eigenvalue weighted by molar-refractivity contribution is 5.88. The van der Waals surface area contributed by atoms with Gasteiger partial charge >= 0.3 is 0 Å². The van der Waals surface area contributed by atoms with E-state index in [0.29, 0.717) is 171 Å². The highest BCUT2D eigenvalue weighted by Crippen LogP contribution is 2.06. The largest absolute Gasteiger partial charge is 0.382 e. The third-order valence-electron chi connectivity index (χ3n) is 11.0. The van der Waals surface area contributed by atoms with E-state index in [4.69, 9.17) is 81.5 Å². The second-order valence-corrected chi connectivity index (χ2v) is 17.6. The lowest BCUT2D eigenvalue weighted by Gasteiger charge is -2.26. The van der Waals surface area contributed by atoms with Gasteiger partial charge < -0.3 is 113 Å².